The van der Waals surface area contributed by atoms with Crippen LogP contribution >= 0.6 is 0 Å². The minimum atomic E-state index is 0.0782. The number of aromatic nitrogens is 1. The smallest absolute Gasteiger partial charge is 0.245 e. The van der Waals surface area contributed by atoms with Gasteiger partial charge in [-0.15, -0.1) is 0 Å². The maximum atomic E-state index is 11.7. The molecule has 2 aliphatic rings. The summed E-state index contributed by atoms with van der Waals surface area (Å²) in [4.78, 5) is 20.2. The molecule has 3 rings (SSSR count). The standard InChI is InChI=1S/C16H21N3O/c1-2-15(20)19-10-6-16(13-19)5-9-18(12-16)11-14-3-7-17-8-4-14/h2-4,7-8H,1,5-6,9-13H2. The van der Waals surface area contributed by atoms with E-state index in [1.54, 1.807) is 0 Å². The van der Waals surface area contributed by atoms with Gasteiger partial charge in [0.1, 0.15) is 0 Å². The highest BCUT2D eigenvalue weighted by Crippen LogP contribution is 2.39. The second kappa shape index (κ2) is 5.37. The van der Waals surface area contributed by atoms with E-state index < -0.39 is 0 Å². The summed E-state index contributed by atoms with van der Waals surface area (Å²) in [5.74, 6) is 0.0782. The molecule has 1 spiro atoms. The van der Waals surface area contributed by atoms with E-state index in [0.29, 0.717) is 5.41 Å². The Balaban J connectivity index is 1.60. The number of pyridine rings is 1. The zero-order valence-corrected chi connectivity index (χ0v) is 11.8. The Bertz CT molecular complexity index is 502. The number of rotatable bonds is 3. The van der Waals surface area contributed by atoms with Gasteiger partial charge in [-0.3, -0.25) is 14.7 Å². The highest BCUT2D eigenvalue weighted by molar-refractivity contribution is 5.87. The van der Waals surface area contributed by atoms with Gasteiger partial charge < -0.3 is 4.90 Å². The molecule has 0 aromatic carbocycles. The molecule has 0 aliphatic carbocycles. The van der Waals surface area contributed by atoms with E-state index in [-0.39, 0.29) is 5.91 Å². The van der Waals surface area contributed by atoms with Crippen molar-refractivity contribution in [2.45, 2.75) is 19.4 Å². The highest BCUT2D eigenvalue weighted by Gasteiger charge is 2.44. The van der Waals surface area contributed by atoms with Crippen molar-refractivity contribution in [3.8, 4) is 0 Å². The number of carbonyl (C=O) groups is 1. The van der Waals surface area contributed by atoms with E-state index in [2.05, 4.69) is 28.6 Å². The van der Waals surface area contributed by atoms with Crippen LogP contribution in [0.4, 0.5) is 0 Å². The zero-order valence-electron chi connectivity index (χ0n) is 11.8. The van der Waals surface area contributed by atoms with Gasteiger partial charge in [0, 0.05) is 44.0 Å². The highest BCUT2D eigenvalue weighted by atomic mass is 16.2. The van der Waals surface area contributed by atoms with Crippen LogP contribution in [0, 0.1) is 5.41 Å². The minimum absolute atomic E-state index is 0.0782. The molecule has 0 bridgehead atoms. The molecule has 106 valence electrons. The minimum Gasteiger partial charge on any atom is -0.339 e. The Labute approximate surface area is 120 Å². The Morgan fingerprint density at radius 1 is 1.30 bits per heavy atom. The van der Waals surface area contributed by atoms with Gasteiger partial charge in [-0.05, 0) is 43.2 Å². The normalized spacial score (nSPS) is 26.3. The van der Waals surface area contributed by atoms with Crippen molar-refractivity contribution in [1.82, 2.24) is 14.8 Å². The summed E-state index contributed by atoms with van der Waals surface area (Å²) in [6.45, 7) is 8.56. The molecule has 0 radical (unpaired) electrons. The third-order valence-corrected chi connectivity index (χ3v) is 4.60. The summed E-state index contributed by atoms with van der Waals surface area (Å²) >= 11 is 0. The Morgan fingerprint density at radius 3 is 2.80 bits per heavy atom. The lowest BCUT2D eigenvalue weighted by atomic mass is 9.86. The average Bonchev–Trinajstić information content (AvgIpc) is 3.07. The number of likely N-dealkylation sites (tertiary alicyclic amines) is 2. The number of nitrogens with zero attached hydrogens (tertiary/aromatic N) is 3. The topological polar surface area (TPSA) is 36.4 Å². The summed E-state index contributed by atoms with van der Waals surface area (Å²) < 4.78 is 0. The fraction of sp³-hybridized carbons (Fsp3) is 0.500. The van der Waals surface area contributed by atoms with Gasteiger partial charge >= 0.3 is 0 Å². The van der Waals surface area contributed by atoms with Gasteiger partial charge in [0.2, 0.25) is 5.91 Å². The van der Waals surface area contributed by atoms with Crippen molar-refractivity contribution in [2.24, 2.45) is 5.41 Å². The fourth-order valence-electron chi connectivity index (χ4n) is 3.49. The van der Waals surface area contributed by atoms with E-state index in [1.165, 1.54) is 18.1 Å². The SMILES string of the molecule is C=CC(=O)N1CCC2(CCN(Cc3ccncc3)C2)C1. The second-order valence-corrected chi connectivity index (χ2v) is 6.03. The molecular formula is C16H21N3O. The molecule has 2 saturated heterocycles. The Hall–Kier alpha value is -1.68. The number of carbonyl (C=O) groups excluding carboxylic acids is 1. The van der Waals surface area contributed by atoms with Crippen LogP contribution in [0.5, 0.6) is 0 Å². The maximum Gasteiger partial charge on any atom is 0.245 e. The van der Waals surface area contributed by atoms with Crippen LogP contribution in [-0.4, -0.2) is 46.9 Å². The fourth-order valence-corrected chi connectivity index (χ4v) is 3.49. The average molecular weight is 271 g/mol. The summed E-state index contributed by atoms with van der Waals surface area (Å²) in [5.41, 5.74) is 1.63. The van der Waals surface area contributed by atoms with Gasteiger partial charge in [0.25, 0.3) is 0 Å². The van der Waals surface area contributed by atoms with E-state index >= 15 is 0 Å². The van der Waals surface area contributed by atoms with Crippen LogP contribution in [0.1, 0.15) is 18.4 Å². The molecule has 3 heterocycles. The first-order valence-corrected chi connectivity index (χ1v) is 7.23. The van der Waals surface area contributed by atoms with Crippen molar-refractivity contribution in [3.63, 3.8) is 0 Å². The third-order valence-electron chi connectivity index (χ3n) is 4.60. The summed E-state index contributed by atoms with van der Waals surface area (Å²) in [7, 11) is 0. The van der Waals surface area contributed by atoms with Crippen molar-refractivity contribution < 1.29 is 4.79 Å². The quantitative estimate of drug-likeness (QED) is 0.785. The van der Waals surface area contributed by atoms with Crippen LogP contribution in [-0.2, 0) is 11.3 Å². The van der Waals surface area contributed by atoms with Gasteiger partial charge in [0.15, 0.2) is 0 Å². The molecule has 1 aromatic rings. The summed E-state index contributed by atoms with van der Waals surface area (Å²) in [6, 6.07) is 4.15. The summed E-state index contributed by atoms with van der Waals surface area (Å²) in [6.07, 6.45) is 7.45. The van der Waals surface area contributed by atoms with Crippen LogP contribution < -0.4 is 0 Å². The molecule has 1 unspecified atom stereocenters. The predicted octanol–water partition coefficient (Wildman–Crippen LogP) is 1.69. The molecular weight excluding hydrogens is 250 g/mol. The molecule has 1 atom stereocenters. The third kappa shape index (κ3) is 2.61. The number of amides is 1. The van der Waals surface area contributed by atoms with Gasteiger partial charge in [-0.1, -0.05) is 6.58 Å². The molecule has 0 saturated carbocycles. The molecule has 4 nitrogen and oxygen atoms in total. The molecule has 1 amide bonds. The van der Waals surface area contributed by atoms with Crippen LogP contribution in [0.15, 0.2) is 37.2 Å². The molecule has 2 aliphatic heterocycles. The first kappa shape index (κ1) is 13.3. The van der Waals surface area contributed by atoms with Crippen molar-refractivity contribution in [2.75, 3.05) is 26.2 Å². The lowest BCUT2D eigenvalue weighted by molar-refractivity contribution is -0.125. The van der Waals surface area contributed by atoms with E-state index in [9.17, 15) is 4.79 Å². The van der Waals surface area contributed by atoms with Crippen molar-refractivity contribution in [1.29, 1.82) is 0 Å². The second-order valence-electron chi connectivity index (χ2n) is 6.03. The molecule has 20 heavy (non-hydrogen) atoms. The molecule has 4 heteroatoms. The van der Waals surface area contributed by atoms with Crippen molar-refractivity contribution in [3.05, 3.63) is 42.7 Å². The zero-order chi connectivity index (χ0) is 14.0. The van der Waals surface area contributed by atoms with Crippen LogP contribution in [0.25, 0.3) is 0 Å². The van der Waals surface area contributed by atoms with Crippen LogP contribution in [0.3, 0.4) is 0 Å². The largest absolute Gasteiger partial charge is 0.339 e. The lowest BCUT2D eigenvalue weighted by Gasteiger charge is -2.24. The Kier molecular flexibility index (Phi) is 3.57. The monoisotopic (exact) mass is 271 g/mol. The number of hydrogen-bond acceptors (Lipinski definition) is 3. The van der Waals surface area contributed by atoms with E-state index in [0.717, 1.165) is 39.1 Å². The van der Waals surface area contributed by atoms with Gasteiger partial charge in [0.05, 0.1) is 0 Å². The lowest BCUT2D eigenvalue weighted by Crippen LogP contribution is -2.33. The first-order valence-electron chi connectivity index (χ1n) is 7.23. The Morgan fingerprint density at radius 2 is 2.05 bits per heavy atom. The predicted molar refractivity (Wildman–Crippen MR) is 78.0 cm³/mol. The molecule has 0 N–H and O–H groups in total. The van der Waals surface area contributed by atoms with Crippen molar-refractivity contribution >= 4 is 5.91 Å². The molecule has 2 fully saturated rings. The van der Waals surface area contributed by atoms with E-state index in [1.807, 2.05) is 17.3 Å². The molecule has 1 aromatic heterocycles. The summed E-state index contributed by atoms with van der Waals surface area (Å²) in [5, 5.41) is 0. The van der Waals surface area contributed by atoms with Crippen LogP contribution in [0.2, 0.25) is 0 Å². The van der Waals surface area contributed by atoms with Gasteiger partial charge in [-0.2, -0.15) is 0 Å². The first-order chi connectivity index (χ1) is 9.71. The van der Waals surface area contributed by atoms with E-state index in [4.69, 9.17) is 0 Å². The number of hydrogen-bond donors (Lipinski definition) is 0. The maximum absolute atomic E-state index is 11.7. The van der Waals surface area contributed by atoms with Gasteiger partial charge in [-0.25, -0.2) is 0 Å².